The van der Waals surface area contributed by atoms with Crippen molar-refractivity contribution in [2.75, 3.05) is 40.0 Å². The van der Waals surface area contributed by atoms with Gasteiger partial charge in [-0.2, -0.15) is 0 Å². The summed E-state index contributed by atoms with van der Waals surface area (Å²) < 4.78 is 11.7. The molecule has 1 fully saturated rings. The van der Waals surface area contributed by atoms with Crippen LogP contribution in [0.4, 0.5) is 0 Å². The predicted molar refractivity (Wildman–Crippen MR) is 132 cm³/mol. The van der Waals surface area contributed by atoms with Gasteiger partial charge in [0.25, 0.3) is 5.91 Å². The molecule has 3 heterocycles. The number of aromatic nitrogens is 1. The first-order chi connectivity index (χ1) is 16.9. The number of likely N-dealkylation sites (N-methyl/N-ethyl adjacent to an activating group) is 1. The number of aliphatic hydroxyl groups is 1. The highest BCUT2D eigenvalue weighted by molar-refractivity contribution is 5.98. The molecular weight excluding hydrogens is 446 g/mol. The predicted octanol–water partition coefficient (Wildman–Crippen LogP) is 2.85. The van der Waals surface area contributed by atoms with Gasteiger partial charge in [-0.3, -0.25) is 9.59 Å². The zero-order valence-corrected chi connectivity index (χ0v) is 20.7. The Morgan fingerprint density at radius 2 is 1.94 bits per heavy atom. The van der Waals surface area contributed by atoms with Gasteiger partial charge in [-0.15, -0.1) is 0 Å². The Balaban J connectivity index is 1.64. The summed E-state index contributed by atoms with van der Waals surface area (Å²) >= 11 is 0. The number of fused-ring (bicyclic) bond motifs is 1. The molecule has 4 rings (SSSR count). The van der Waals surface area contributed by atoms with Crippen LogP contribution in [0.3, 0.4) is 0 Å². The Morgan fingerprint density at radius 3 is 2.63 bits per heavy atom. The first kappa shape index (κ1) is 25.1. The van der Waals surface area contributed by atoms with Gasteiger partial charge in [-0.05, 0) is 31.4 Å². The van der Waals surface area contributed by atoms with Crippen LogP contribution in [0.15, 0.2) is 42.6 Å². The molecule has 1 aromatic heterocycles. The van der Waals surface area contributed by atoms with Crippen LogP contribution in [0.2, 0.25) is 0 Å². The highest BCUT2D eigenvalue weighted by Crippen LogP contribution is 2.30. The van der Waals surface area contributed by atoms with Crippen LogP contribution in [0, 0.1) is 11.8 Å². The van der Waals surface area contributed by atoms with Gasteiger partial charge < -0.3 is 24.4 Å². The van der Waals surface area contributed by atoms with E-state index < -0.39 is 0 Å². The molecule has 0 aliphatic carbocycles. The zero-order chi connectivity index (χ0) is 24.9. The van der Waals surface area contributed by atoms with E-state index in [1.165, 1.54) is 0 Å². The highest BCUT2D eigenvalue weighted by atomic mass is 16.5. The third-order valence-corrected chi connectivity index (χ3v) is 7.03. The first-order valence-electron chi connectivity index (χ1n) is 12.4. The van der Waals surface area contributed by atoms with Gasteiger partial charge in [0.2, 0.25) is 11.8 Å². The van der Waals surface area contributed by atoms with Crippen LogP contribution in [0.1, 0.15) is 37.0 Å². The maximum Gasteiger partial charge on any atom is 0.259 e. The second-order valence-electron chi connectivity index (χ2n) is 9.67. The van der Waals surface area contributed by atoms with Crippen LogP contribution in [-0.4, -0.2) is 83.8 Å². The maximum atomic E-state index is 13.6. The van der Waals surface area contributed by atoms with E-state index in [4.69, 9.17) is 9.47 Å². The Kier molecular flexibility index (Phi) is 8.03. The van der Waals surface area contributed by atoms with Crippen molar-refractivity contribution in [2.24, 2.45) is 11.8 Å². The molecule has 0 unspecified atom stereocenters. The standard InChI is InChI=1S/C27H35N3O5/c1-18-15-30(19(2)17-31)27(33)23-13-22(20-7-5-4-6-8-20)14-28-25(23)35-24(18)16-29(3)26(32)21-9-11-34-12-10-21/h4-8,13-14,18-19,21,24,31H,9-12,15-17H2,1-3H3/t18-,19-,24-/m1/s1. The van der Waals surface area contributed by atoms with E-state index in [1.54, 1.807) is 29.1 Å². The van der Waals surface area contributed by atoms with Crippen molar-refractivity contribution in [3.8, 4) is 17.0 Å². The van der Waals surface area contributed by atoms with Crippen LogP contribution < -0.4 is 4.74 Å². The fourth-order valence-electron chi connectivity index (χ4n) is 4.72. The van der Waals surface area contributed by atoms with E-state index in [0.29, 0.717) is 31.9 Å². The van der Waals surface area contributed by atoms with Gasteiger partial charge in [0.1, 0.15) is 11.7 Å². The Bertz CT molecular complexity index is 1020. The molecule has 0 saturated carbocycles. The summed E-state index contributed by atoms with van der Waals surface area (Å²) in [6.45, 7) is 5.69. The molecule has 2 aliphatic rings. The number of benzene rings is 1. The van der Waals surface area contributed by atoms with Crippen LogP contribution in [0.5, 0.6) is 5.88 Å². The largest absolute Gasteiger partial charge is 0.472 e. The Labute approximate surface area is 206 Å². The van der Waals surface area contributed by atoms with Crippen LogP contribution in [-0.2, 0) is 9.53 Å². The van der Waals surface area contributed by atoms with Crippen LogP contribution in [0.25, 0.3) is 11.1 Å². The molecule has 1 saturated heterocycles. The highest BCUT2D eigenvalue weighted by Gasteiger charge is 2.35. The minimum atomic E-state index is -0.362. The maximum absolute atomic E-state index is 13.6. The van der Waals surface area contributed by atoms with Gasteiger partial charge >= 0.3 is 0 Å². The summed E-state index contributed by atoms with van der Waals surface area (Å²) in [4.78, 5) is 34.6. The van der Waals surface area contributed by atoms with Gasteiger partial charge in [0.05, 0.1) is 19.2 Å². The lowest BCUT2D eigenvalue weighted by molar-refractivity contribution is -0.138. The van der Waals surface area contributed by atoms with E-state index >= 15 is 0 Å². The van der Waals surface area contributed by atoms with E-state index in [9.17, 15) is 14.7 Å². The summed E-state index contributed by atoms with van der Waals surface area (Å²) in [5, 5.41) is 9.86. The summed E-state index contributed by atoms with van der Waals surface area (Å²) in [5.41, 5.74) is 2.13. The van der Waals surface area contributed by atoms with Crippen molar-refractivity contribution in [3.05, 3.63) is 48.2 Å². The number of nitrogens with zero attached hydrogens (tertiary/aromatic N) is 3. The minimum Gasteiger partial charge on any atom is -0.472 e. The number of amides is 2. The molecule has 188 valence electrons. The number of ether oxygens (including phenoxy) is 2. The molecule has 3 atom stereocenters. The molecule has 0 spiro atoms. The first-order valence-corrected chi connectivity index (χ1v) is 12.4. The summed E-state index contributed by atoms with van der Waals surface area (Å²) in [7, 11) is 1.80. The number of rotatable bonds is 6. The number of aliphatic hydroxyl groups excluding tert-OH is 1. The number of carbonyl (C=O) groups is 2. The van der Waals surface area contributed by atoms with Gasteiger partial charge in [0, 0.05) is 50.4 Å². The SMILES string of the molecule is C[C@@H]1CN([C@H](C)CO)C(=O)c2cc(-c3ccccc3)cnc2O[C@@H]1CN(C)C(=O)C1CCOCC1. The molecule has 1 aromatic carbocycles. The second kappa shape index (κ2) is 11.2. The molecule has 1 N–H and O–H groups in total. The van der Waals surface area contributed by atoms with E-state index in [1.807, 2.05) is 44.2 Å². The summed E-state index contributed by atoms with van der Waals surface area (Å²) in [6.07, 6.45) is 2.81. The normalized spacial score (nSPS) is 21.9. The Hall–Kier alpha value is -2.97. The van der Waals surface area contributed by atoms with Gasteiger partial charge in [-0.1, -0.05) is 37.3 Å². The average Bonchev–Trinajstić information content (AvgIpc) is 2.90. The third kappa shape index (κ3) is 5.65. The molecule has 2 aromatic rings. The lowest BCUT2D eigenvalue weighted by Gasteiger charge is -2.38. The average molecular weight is 482 g/mol. The van der Waals surface area contributed by atoms with Crippen molar-refractivity contribution >= 4 is 11.8 Å². The number of carbonyl (C=O) groups excluding carboxylic acids is 2. The van der Waals surface area contributed by atoms with Crippen molar-refractivity contribution in [1.29, 1.82) is 0 Å². The minimum absolute atomic E-state index is 0.0380. The lowest BCUT2D eigenvalue weighted by Crippen LogP contribution is -2.51. The topological polar surface area (TPSA) is 92.2 Å². The van der Waals surface area contributed by atoms with Crippen molar-refractivity contribution in [2.45, 2.75) is 38.8 Å². The Morgan fingerprint density at radius 1 is 1.23 bits per heavy atom. The van der Waals surface area contributed by atoms with Crippen molar-refractivity contribution in [3.63, 3.8) is 0 Å². The second-order valence-corrected chi connectivity index (χ2v) is 9.67. The molecule has 2 aliphatic heterocycles. The van der Waals surface area contributed by atoms with Crippen molar-refractivity contribution < 1.29 is 24.2 Å². The molecule has 0 bridgehead atoms. The van der Waals surface area contributed by atoms with E-state index in [2.05, 4.69) is 4.98 Å². The van der Waals surface area contributed by atoms with E-state index in [0.717, 1.165) is 24.0 Å². The fraction of sp³-hybridized carbons (Fsp3) is 0.519. The summed E-state index contributed by atoms with van der Waals surface area (Å²) in [5.74, 6) is 0.0121. The number of hydrogen-bond acceptors (Lipinski definition) is 6. The number of hydrogen-bond donors (Lipinski definition) is 1. The lowest BCUT2D eigenvalue weighted by atomic mass is 9.97. The summed E-state index contributed by atoms with van der Waals surface area (Å²) in [6, 6.07) is 11.2. The molecule has 8 nitrogen and oxygen atoms in total. The molecule has 2 amide bonds. The molecule has 8 heteroatoms. The number of pyridine rings is 1. The zero-order valence-electron chi connectivity index (χ0n) is 20.7. The molecular formula is C27H35N3O5. The van der Waals surface area contributed by atoms with Gasteiger partial charge in [-0.25, -0.2) is 4.98 Å². The smallest absolute Gasteiger partial charge is 0.259 e. The van der Waals surface area contributed by atoms with Gasteiger partial charge in [0.15, 0.2) is 0 Å². The van der Waals surface area contributed by atoms with Crippen LogP contribution >= 0.6 is 0 Å². The van der Waals surface area contributed by atoms with Crippen molar-refractivity contribution in [1.82, 2.24) is 14.8 Å². The third-order valence-electron chi connectivity index (χ3n) is 7.03. The quantitative estimate of drug-likeness (QED) is 0.682. The monoisotopic (exact) mass is 481 g/mol. The molecule has 35 heavy (non-hydrogen) atoms. The fourth-order valence-corrected chi connectivity index (χ4v) is 4.72. The molecule has 0 radical (unpaired) electrons. The van der Waals surface area contributed by atoms with E-state index in [-0.39, 0.29) is 48.3 Å².